The topological polar surface area (TPSA) is 70.6 Å². The van der Waals surface area contributed by atoms with Gasteiger partial charge in [0.05, 0.1) is 6.61 Å². The van der Waals surface area contributed by atoms with Crippen LogP contribution in [-0.4, -0.2) is 45.1 Å². The minimum absolute atomic E-state index is 0.0133. The molecule has 1 saturated heterocycles. The van der Waals surface area contributed by atoms with Crippen molar-refractivity contribution in [1.29, 1.82) is 0 Å². The Kier molecular flexibility index (Phi) is 6.28. The van der Waals surface area contributed by atoms with Crippen molar-refractivity contribution in [2.75, 3.05) is 26.7 Å². The van der Waals surface area contributed by atoms with Gasteiger partial charge in [0.1, 0.15) is 6.29 Å². The first-order chi connectivity index (χ1) is 12.2. The number of hydrogen-bond acceptors (Lipinski definition) is 5. The van der Waals surface area contributed by atoms with E-state index in [4.69, 9.17) is 4.65 Å². The summed E-state index contributed by atoms with van der Waals surface area (Å²) in [6.45, 7) is 3.38. The summed E-state index contributed by atoms with van der Waals surface area (Å²) in [5, 5.41) is 16.7. The van der Waals surface area contributed by atoms with Crippen LogP contribution in [0.1, 0.15) is 49.1 Å². The molecule has 2 heterocycles. The van der Waals surface area contributed by atoms with Crippen LogP contribution in [0.5, 0.6) is 0 Å². The molecule has 6 heteroatoms. The lowest BCUT2D eigenvalue weighted by molar-refractivity contribution is -0.110. The number of fused-ring (bicyclic) bond motifs is 1. The van der Waals surface area contributed by atoms with Crippen molar-refractivity contribution >= 4 is 18.9 Å². The predicted octanol–water partition coefficient (Wildman–Crippen LogP) is 0.946. The molecule has 1 atom stereocenters. The fourth-order valence-electron chi connectivity index (χ4n) is 4.54. The third-order valence-electron chi connectivity index (χ3n) is 5.98. The molecule has 0 saturated carbocycles. The summed E-state index contributed by atoms with van der Waals surface area (Å²) in [4.78, 5) is 11.5. The highest BCUT2D eigenvalue weighted by molar-refractivity contribution is 6.61. The molecule has 0 amide bonds. The van der Waals surface area contributed by atoms with Crippen LogP contribution >= 0.6 is 0 Å². The number of hydrogen-bond donors (Lipinski definition) is 3. The van der Waals surface area contributed by atoms with Gasteiger partial charge >= 0.3 is 7.12 Å². The van der Waals surface area contributed by atoms with Gasteiger partial charge in [-0.2, -0.15) is 0 Å². The lowest BCUT2D eigenvalue weighted by Crippen LogP contribution is -2.41. The smallest absolute Gasteiger partial charge is 0.423 e. The summed E-state index contributed by atoms with van der Waals surface area (Å²) < 4.78 is 5.35. The van der Waals surface area contributed by atoms with E-state index in [1.165, 1.54) is 5.56 Å². The summed E-state index contributed by atoms with van der Waals surface area (Å²) in [5.41, 5.74) is 3.22. The first kappa shape index (κ1) is 18.6. The fraction of sp³-hybridized carbons (Fsp3) is 0.632. The predicted molar refractivity (Wildman–Crippen MR) is 100.0 cm³/mol. The van der Waals surface area contributed by atoms with E-state index in [1.54, 1.807) is 0 Å². The molecule has 0 bridgehead atoms. The van der Waals surface area contributed by atoms with Gasteiger partial charge in [0, 0.05) is 6.42 Å². The molecule has 0 aromatic heterocycles. The fourth-order valence-corrected chi connectivity index (χ4v) is 4.54. The van der Waals surface area contributed by atoms with Crippen LogP contribution in [0.4, 0.5) is 0 Å². The summed E-state index contributed by atoms with van der Waals surface area (Å²) in [7, 11) is 1.16. The Bertz CT molecular complexity index is 590. The van der Waals surface area contributed by atoms with Gasteiger partial charge < -0.3 is 25.1 Å². The first-order valence-electron chi connectivity index (χ1n) is 9.41. The number of rotatable bonds is 8. The molecule has 1 fully saturated rings. The quantitative estimate of drug-likeness (QED) is 0.372. The highest BCUT2D eigenvalue weighted by Crippen LogP contribution is 2.47. The van der Waals surface area contributed by atoms with E-state index >= 15 is 0 Å². The molecule has 136 valence electrons. The molecule has 2 aliphatic heterocycles. The summed E-state index contributed by atoms with van der Waals surface area (Å²) >= 11 is 0. The Balaban J connectivity index is 1.93. The zero-order chi connectivity index (χ0) is 17.7. The van der Waals surface area contributed by atoms with E-state index in [0.717, 1.165) is 62.6 Å². The summed E-state index contributed by atoms with van der Waals surface area (Å²) in [6, 6.07) is 6.38. The first-order valence-corrected chi connectivity index (χ1v) is 9.41. The van der Waals surface area contributed by atoms with Crippen LogP contribution < -0.4 is 16.1 Å². The number of aldehydes is 1. The van der Waals surface area contributed by atoms with Gasteiger partial charge in [0.2, 0.25) is 0 Å². The second kappa shape index (κ2) is 8.45. The summed E-state index contributed by atoms with van der Waals surface area (Å²) in [5.74, 6) is 0.325. The Morgan fingerprint density at radius 3 is 2.96 bits per heavy atom. The maximum absolute atomic E-state index is 11.5. The van der Waals surface area contributed by atoms with Gasteiger partial charge in [-0.3, -0.25) is 0 Å². The average Bonchev–Trinajstić information content (AvgIpc) is 3.00. The Labute approximate surface area is 150 Å². The number of benzene rings is 1. The molecule has 5 nitrogen and oxygen atoms in total. The van der Waals surface area contributed by atoms with E-state index in [9.17, 15) is 9.82 Å². The molecule has 1 aromatic rings. The Hall–Kier alpha value is -1.21. The lowest BCUT2D eigenvalue weighted by Gasteiger charge is -2.43. The van der Waals surface area contributed by atoms with Crippen molar-refractivity contribution < 1.29 is 14.5 Å². The third kappa shape index (κ3) is 3.98. The van der Waals surface area contributed by atoms with Crippen molar-refractivity contribution in [3.05, 3.63) is 29.3 Å². The van der Waals surface area contributed by atoms with Gasteiger partial charge in [-0.05, 0) is 80.3 Å². The van der Waals surface area contributed by atoms with E-state index in [1.807, 2.05) is 7.05 Å². The number of carbonyl (C=O) groups excluding carboxylic acids is 1. The Morgan fingerprint density at radius 2 is 2.24 bits per heavy atom. The molecule has 0 radical (unpaired) electrons. The molecule has 1 aromatic carbocycles. The Morgan fingerprint density at radius 1 is 1.44 bits per heavy atom. The van der Waals surface area contributed by atoms with Gasteiger partial charge in [-0.1, -0.05) is 18.2 Å². The van der Waals surface area contributed by atoms with Crippen LogP contribution in [0.15, 0.2) is 18.2 Å². The third-order valence-corrected chi connectivity index (χ3v) is 5.98. The highest BCUT2D eigenvalue weighted by Gasteiger charge is 2.40. The standard InChI is InChI=1S/C19H29BN2O3/c1-21-9-2-3-17(19(8-12-23)6-10-22-11-7-19)15-4-5-16-14-25-20(24)18(16)13-15/h4-5,12-13,17,21-22,24H,2-3,6-11,14H2,1H3. The van der Waals surface area contributed by atoms with Crippen LogP contribution in [0.2, 0.25) is 0 Å². The number of carbonyl (C=O) groups is 1. The monoisotopic (exact) mass is 344 g/mol. The van der Waals surface area contributed by atoms with Gasteiger partial charge in [-0.25, -0.2) is 0 Å². The maximum atomic E-state index is 11.5. The van der Waals surface area contributed by atoms with Crippen molar-refractivity contribution in [2.45, 2.75) is 44.6 Å². The SMILES string of the molecule is CNCCCC(c1ccc2c(c1)B(O)OC2)C1(CC=O)CCNCC1. The molecular weight excluding hydrogens is 315 g/mol. The zero-order valence-electron chi connectivity index (χ0n) is 15.1. The zero-order valence-corrected chi connectivity index (χ0v) is 15.1. The minimum atomic E-state index is -0.817. The van der Waals surface area contributed by atoms with Crippen LogP contribution in [0.25, 0.3) is 0 Å². The van der Waals surface area contributed by atoms with E-state index in [2.05, 4.69) is 28.8 Å². The van der Waals surface area contributed by atoms with Crippen molar-refractivity contribution in [3.63, 3.8) is 0 Å². The molecule has 3 N–H and O–H groups in total. The minimum Gasteiger partial charge on any atom is -0.423 e. The molecule has 2 aliphatic rings. The maximum Gasteiger partial charge on any atom is 0.491 e. The van der Waals surface area contributed by atoms with Crippen LogP contribution in [0.3, 0.4) is 0 Å². The molecule has 3 rings (SSSR count). The molecule has 25 heavy (non-hydrogen) atoms. The second-order valence-corrected chi connectivity index (χ2v) is 7.40. The van der Waals surface area contributed by atoms with E-state index in [0.29, 0.717) is 18.9 Å². The molecular formula is C19H29BN2O3. The van der Waals surface area contributed by atoms with E-state index in [-0.39, 0.29) is 5.41 Å². The average molecular weight is 344 g/mol. The molecule has 0 spiro atoms. The van der Waals surface area contributed by atoms with Gasteiger partial charge in [0.25, 0.3) is 0 Å². The van der Waals surface area contributed by atoms with Crippen molar-refractivity contribution in [3.8, 4) is 0 Å². The van der Waals surface area contributed by atoms with Crippen molar-refractivity contribution in [1.82, 2.24) is 10.6 Å². The molecule has 0 aliphatic carbocycles. The second-order valence-electron chi connectivity index (χ2n) is 7.40. The van der Waals surface area contributed by atoms with Gasteiger partial charge in [-0.15, -0.1) is 0 Å². The highest BCUT2D eigenvalue weighted by atomic mass is 16.5. The largest absolute Gasteiger partial charge is 0.491 e. The number of piperidine rings is 1. The van der Waals surface area contributed by atoms with Crippen molar-refractivity contribution in [2.24, 2.45) is 5.41 Å². The van der Waals surface area contributed by atoms with Gasteiger partial charge in [0.15, 0.2) is 0 Å². The number of nitrogens with one attached hydrogen (secondary N) is 2. The van der Waals surface area contributed by atoms with Crippen LogP contribution in [0, 0.1) is 5.41 Å². The summed E-state index contributed by atoms with van der Waals surface area (Å²) in [6.07, 6.45) is 5.87. The normalized spacial score (nSPS) is 20.3. The lowest BCUT2D eigenvalue weighted by atomic mass is 9.62. The van der Waals surface area contributed by atoms with E-state index < -0.39 is 7.12 Å². The molecule has 1 unspecified atom stereocenters. The van der Waals surface area contributed by atoms with Crippen LogP contribution in [-0.2, 0) is 16.1 Å².